The molecule has 0 aliphatic heterocycles. The zero-order valence-electron chi connectivity index (χ0n) is 10.5. The van der Waals surface area contributed by atoms with E-state index in [-0.39, 0.29) is 6.61 Å². The largest absolute Gasteiger partial charge is 0.496 e. The fourth-order valence-corrected chi connectivity index (χ4v) is 1.15. The number of carbonyl (C=O) groups is 1. The van der Waals surface area contributed by atoms with Crippen LogP contribution in [0.3, 0.4) is 0 Å². The maximum absolute atomic E-state index is 10.7. The van der Waals surface area contributed by atoms with Gasteiger partial charge in [0.15, 0.2) is 5.60 Å². The number of ether oxygens (including phenoxy) is 3. The number of hydrogen-bond acceptors (Lipinski definition) is 5. The first-order valence-electron chi connectivity index (χ1n) is 5.20. The van der Waals surface area contributed by atoms with Crippen LogP contribution in [0.15, 0.2) is 18.2 Å². The lowest BCUT2D eigenvalue weighted by Gasteiger charge is -2.18. The quantitative estimate of drug-likeness (QED) is 0.787. The number of aliphatic carboxylic acids is 1. The Kier molecular flexibility index (Phi) is 4.38. The molecule has 1 unspecified atom stereocenters. The van der Waals surface area contributed by atoms with Gasteiger partial charge in [-0.2, -0.15) is 0 Å². The second kappa shape index (κ2) is 5.59. The van der Waals surface area contributed by atoms with Gasteiger partial charge in [-0.15, -0.1) is 0 Å². The van der Waals surface area contributed by atoms with Gasteiger partial charge in [0.1, 0.15) is 23.9 Å². The molecule has 0 aliphatic carbocycles. The second-order valence-electron chi connectivity index (χ2n) is 3.92. The zero-order valence-corrected chi connectivity index (χ0v) is 10.5. The predicted molar refractivity (Wildman–Crippen MR) is 63.3 cm³/mol. The maximum atomic E-state index is 10.7. The van der Waals surface area contributed by atoms with E-state index in [4.69, 9.17) is 19.3 Å². The van der Waals surface area contributed by atoms with E-state index < -0.39 is 11.6 Å². The molecule has 0 heterocycles. The molecule has 100 valence electrons. The first kappa shape index (κ1) is 14.1. The third-order valence-electron chi connectivity index (χ3n) is 2.31. The standard InChI is InChI=1S/C12H16O6/c1-12(15,11(13)14)7-18-10-5-8(16-2)4-9(6-10)17-3/h4-6,15H,7H2,1-3H3,(H,13,14). The van der Waals surface area contributed by atoms with Crippen molar-refractivity contribution in [1.29, 1.82) is 0 Å². The molecular formula is C12H16O6. The summed E-state index contributed by atoms with van der Waals surface area (Å²) in [7, 11) is 2.98. The SMILES string of the molecule is COc1cc(OC)cc(OCC(C)(O)C(=O)O)c1. The molecule has 0 spiro atoms. The van der Waals surface area contributed by atoms with E-state index in [1.807, 2.05) is 0 Å². The van der Waals surface area contributed by atoms with Crippen molar-refractivity contribution >= 4 is 5.97 Å². The number of benzene rings is 1. The number of carboxylic acid groups (broad SMARTS) is 1. The molecule has 1 aromatic carbocycles. The minimum atomic E-state index is -1.95. The molecule has 0 fully saturated rings. The molecule has 18 heavy (non-hydrogen) atoms. The summed E-state index contributed by atoms with van der Waals surface area (Å²) in [5.74, 6) is 0.0312. The van der Waals surface area contributed by atoms with Crippen molar-refractivity contribution in [2.24, 2.45) is 0 Å². The van der Waals surface area contributed by atoms with Crippen LogP contribution in [0.2, 0.25) is 0 Å². The van der Waals surface area contributed by atoms with E-state index in [1.54, 1.807) is 18.2 Å². The first-order valence-corrected chi connectivity index (χ1v) is 5.20. The molecule has 2 N–H and O–H groups in total. The van der Waals surface area contributed by atoms with Crippen molar-refractivity contribution in [1.82, 2.24) is 0 Å². The van der Waals surface area contributed by atoms with Gasteiger partial charge in [-0.25, -0.2) is 4.79 Å². The first-order chi connectivity index (χ1) is 8.39. The Morgan fingerprint density at radius 1 is 1.17 bits per heavy atom. The molecule has 1 atom stereocenters. The van der Waals surface area contributed by atoms with Gasteiger partial charge in [-0.05, 0) is 6.92 Å². The molecule has 1 aromatic rings. The summed E-state index contributed by atoms with van der Waals surface area (Å²) in [4.78, 5) is 10.7. The molecule has 0 saturated carbocycles. The normalized spacial score (nSPS) is 13.6. The van der Waals surface area contributed by atoms with E-state index in [1.165, 1.54) is 14.2 Å². The van der Waals surface area contributed by atoms with Crippen LogP contribution in [0.25, 0.3) is 0 Å². The van der Waals surface area contributed by atoms with Crippen LogP contribution in [0.5, 0.6) is 17.2 Å². The van der Waals surface area contributed by atoms with Crippen molar-refractivity contribution in [3.63, 3.8) is 0 Å². The topological polar surface area (TPSA) is 85.2 Å². The van der Waals surface area contributed by atoms with Gasteiger partial charge < -0.3 is 24.4 Å². The van der Waals surface area contributed by atoms with Gasteiger partial charge in [0.25, 0.3) is 0 Å². The molecule has 0 aliphatic rings. The number of methoxy groups -OCH3 is 2. The van der Waals surface area contributed by atoms with Gasteiger partial charge in [-0.3, -0.25) is 0 Å². The summed E-state index contributed by atoms with van der Waals surface area (Å²) in [5, 5.41) is 18.3. The van der Waals surface area contributed by atoms with E-state index in [0.29, 0.717) is 17.2 Å². The van der Waals surface area contributed by atoms with Gasteiger partial charge in [0.05, 0.1) is 14.2 Å². The molecule has 0 amide bonds. The Hall–Kier alpha value is -1.95. The average Bonchev–Trinajstić information content (AvgIpc) is 2.35. The van der Waals surface area contributed by atoms with E-state index in [0.717, 1.165) is 6.92 Å². The van der Waals surface area contributed by atoms with Crippen molar-refractivity contribution in [3.8, 4) is 17.2 Å². The highest BCUT2D eigenvalue weighted by Crippen LogP contribution is 2.27. The smallest absolute Gasteiger partial charge is 0.339 e. The molecule has 6 heteroatoms. The minimum absolute atomic E-state index is 0.354. The van der Waals surface area contributed by atoms with Crippen LogP contribution in [0, 0.1) is 0 Å². The fraction of sp³-hybridized carbons (Fsp3) is 0.417. The molecule has 1 rings (SSSR count). The minimum Gasteiger partial charge on any atom is -0.496 e. The summed E-state index contributed by atoms with van der Waals surface area (Å²) in [6.45, 7) is 0.783. The lowest BCUT2D eigenvalue weighted by atomic mass is 10.1. The van der Waals surface area contributed by atoms with Gasteiger partial charge >= 0.3 is 5.97 Å². The molecular weight excluding hydrogens is 240 g/mol. The van der Waals surface area contributed by atoms with Crippen LogP contribution in [0.1, 0.15) is 6.92 Å². The van der Waals surface area contributed by atoms with Crippen molar-refractivity contribution in [2.75, 3.05) is 20.8 Å². The van der Waals surface area contributed by atoms with Crippen LogP contribution < -0.4 is 14.2 Å². The summed E-state index contributed by atoms with van der Waals surface area (Å²) < 4.78 is 15.3. The van der Waals surface area contributed by atoms with Crippen molar-refractivity contribution in [3.05, 3.63) is 18.2 Å². The van der Waals surface area contributed by atoms with E-state index in [2.05, 4.69) is 0 Å². The summed E-state index contributed by atoms with van der Waals surface area (Å²) in [6.07, 6.45) is 0. The van der Waals surface area contributed by atoms with Crippen molar-refractivity contribution in [2.45, 2.75) is 12.5 Å². The Bertz CT molecular complexity index is 404. The van der Waals surface area contributed by atoms with Crippen molar-refractivity contribution < 1.29 is 29.2 Å². The number of rotatable bonds is 6. The molecule has 0 radical (unpaired) electrons. The number of aliphatic hydroxyl groups is 1. The van der Waals surface area contributed by atoms with Crippen LogP contribution in [-0.2, 0) is 4.79 Å². The molecule has 0 bridgehead atoms. The van der Waals surface area contributed by atoms with Crippen LogP contribution in [-0.4, -0.2) is 42.6 Å². The van der Waals surface area contributed by atoms with Crippen LogP contribution >= 0.6 is 0 Å². The zero-order chi connectivity index (χ0) is 13.8. The predicted octanol–water partition coefficient (Wildman–Crippen LogP) is 0.918. The van der Waals surface area contributed by atoms with Crippen LogP contribution in [0.4, 0.5) is 0 Å². The molecule has 0 aromatic heterocycles. The molecule has 6 nitrogen and oxygen atoms in total. The van der Waals surface area contributed by atoms with E-state index in [9.17, 15) is 9.90 Å². The summed E-state index contributed by atoms with van der Waals surface area (Å²) >= 11 is 0. The number of hydrogen-bond donors (Lipinski definition) is 2. The highest BCUT2D eigenvalue weighted by atomic mass is 16.5. The van der Waals surface area contributed by atoms with Gasteiger partial charge in [0, 0.05) is 18.2 Å². The Balaban J connectivity index is 2.81. The number of carboxylic acids is 1. The fourth-order valence-electron chi connectivity index (χ4n) is 1.15. The lowest BCUT2D eigenvalue weighted by molar-refractivity contribution is -0.159. The second-order valence-corrected chi connectivity index (χ2v) is 3.92. The Labute approximate surface area is 105 Å². The maximum Gasteiger partial charge on any atom is 0.339 e. The summed E-state index contributed by atoms with van der Waals surface area (Å²) in [5.41, 5.74) is -1.95. The highest BCUT2D eigenvalue weighted by molar-refractivity contribution is 5.76. The average molecular weight is 256 g/mol. The monoisotopic (exact) mass is 256 g/mol. The molecule has 0 saturated heterocycles. The lowest BCUT2D eigenvalue weighted by Crippen LogP contribution is -2.41. The highest BCUT2D eigenvalue weighted by Gasteiger charge is 2.31. The van der Waals surface area contributed by atoms with Gasteiger partial charge in [-0.1, -0.05) is 0 Å². The van der Waals surface area contributed by atoms with Gasteiger partial charge in [0.2, 0.25) is 0 Å². The summed E-state index contributed by atoms with van der Waals surface area (Å²) in [6, 6.07) is 4.79. The Morgan fingerprint density at radius 3 is 2.00 bits per heavy atom. The third kappa shape index (κ3) is 3.53. The Morgan fingerprint density at radius 2 is 1.61 bits per heavy atom. The van der Waals surface area contributed by atoms with E-state index >= 15 is 0 Å². The third-order valence-corrected chi connectivity index (χ3v) is 2.31.